The SMILES string of the molecule is Cc1cc(OCc2ncccn2)cc(=O)n1[C@H](C)c1ccc(O)cc1. The first-order chi connectivity index (χ1) is 12.0. The molecule has 128 valence electrons. The molecule has 1 aromatic carbocycles. The molecule has 0 aliphatic carbocycles. The lowest BCUT2D eigenvalue weighted by atomic mass is 10.1. The Morgan fingerprint density at radius 3 is 2.48 bits per heavy atom. The van der Waals surface area contributed by atoms with Crippen molar-refractivity contribution in [3.63, 3.8) is 0 Å². The van der Waals surface area contributed by atoms with Crippen LogP contribution >= 0.6 is 0 Å². The third-order valence-corrected chi connectivity index (χ3v) is 3.98. The Hall–Kier alpha value is -3.15. The number of aryl methyl sites for hydroxylation is 1. The topological polar surface area (TPSA) is 77.2 Å². The standard InChI is InChI=1S/C19H19N3O3/c1-13-10-17(25-12-18-20-8-3-9-21-18)11-19(24)22(13)14(2)15-4-6-16(23)7-5-15/h3-11,14,23H,12H2,1-2H3/t14-/m1/s1. The number of ether oxygens (including phenoxy) is 1. The van der Waals surface area contributed by atoms with Gasteiger partial charge in [0.2, 0.25) is 0 Å². The van der Waals surface area contributed by atoms with Crippen LogP contribution in [0.3, 0.4) is 0 Å². The van der Waals surface area contributed by atoms with Crippen LogP contribution < -0.4 is 10.3 Å². The van der Waals surface area contributed by atoms with Gasteiger partial charge in [-0.15, -0.1) is 0 Å². The van der Waals surface area contributed by atoms with Crippen molar-refractivity contribution in [1.29, 1.82) is 0 Å². The molecule has 1 N–H and O–H groups in total. The maximum Gasteiger partial charge on any atom is 0.254 e. The monoisotopic (exact) mass is 337 g/mol. The van der Waals surface area contributed by atoms with E-state index in [9.17, 15) is 9.90 Å². The molecule has 3 rings (SSSR count). The fourth-order valence-electron chi connectivity index (χ4n) is 2.72. The van der Waals surface area contributed by atoms with Crippen LogP contribution in [0, 0.1) is 6.92 Å². The third-order valence-electron chi connectivity index (χ3n) is 3.98. The van der Waals surface area contributed by atoms with Crippen LogP contribution in [0.1, 0.15) is 30.0 Å². The van der Waals surface area contributed by atoms with Crippen molar-refractivity contribution >= 4 is 0 Å². The summed E-state index contributed by atoms with van der Waals surface area (Å²) in [5.74, 6) is 1.25. The summed E-state index contributed by atoms with van der Waals surface area (Å²) in [7, 11) is 0. The Morgan fingerprint density at radius 2 is 1.84 bits per heavy atom. The summed E-state index contributed by atoms with van der Waals surface area (Å²) < 4.78 is 7.33. The number of rotatable bonds is 5. The fourth-order valence-corrected chi connectivity index (χ4v) is 2.72. The molecule has 0 saturated heterocycles. The Labute approximate surface area is 145 Å². The van der Waals surface area contributed by atoms with Gasteiger partial charge in [-0.05, 0) is 43.7 Å². The highest BCUT2D eigenvalue weighted by Crippen LogP contribution is 2.22. The Morgan fingerprint density at radius 1 is 1.16 bits per heavy atom. The van der Waals surface area contributed by atoms with E-state index in [0.29, 0.717) is 11.6 Å². The largest absolute Gasteiger partial charge is 0.508 e. The normalized spacial score (nSPS) is 11.9. The van der Waals surface area contributed by atoms with Gasteiger partial charge in [0.15, 0.2) is 5.82 Å². The van der Waals surface area contributed by atoms with Crippen LogP contribution in [0.4, 0.5) is 0 Å². The van der Waals surface area contributed by atoms with E-state index in [0.717, 1.165) is 11.3 Å². The van der Waals surface area contributed by atoms with E-state index in [2.05, 4.69) is 9.97 Å². The molecule has 2 aromatic heterocycles. The second-order valence-corrected chi connectivity index (χ2v) is 5.76. The Balaban J connectivity index is 1.82. The number of aromatic hydroxyl groups is 1. The molecule has 0 spiro atoms. The molecule has 0 aliphatic heterocycles. The van der Waals surface area contributed by atoms with Gasteiger partial charge in [-0.3, -0.25) is 4.79 Å². The van der Waals surface area contributed by atoms with E-state index in [1.807, 2.05) is 32.0 Å². The van der Waals surface area contributed by atoms with Gasteiger partial charge in [0.1, 0.15) is 18.1 Å². The predicted molar refractivity (Wildman–Crippen MR) is 93.7 cm³/mol. The molecule has 0 bridgehead atoms. The van der Waals surface area contributed by atoms with Crippen molar-refractivity contribution in [1.82, 2.24) is 14.5 Å². The van der Waals surface area contributed by atoms with Gasteiger partial charge in [0.25, 0.3) is 5.56 Å². The maximum absolute atomic E-state index is 12.6. The van der Waals surface area contributed by atoms with Crippen LogP contribution in [0.5, 0.6) is 11.5 Å². The average molecular weight is 337 g/mol. The number of benzene rings is 1. The first-order valence-electron chi connectivity index (χ1n) is 7.95. The van der Waals surface area contributed by atoms with Gasteiger partial charge in [-0.25, -0.2) is 9.97 Å². The Kier molecular flexibility index (Phi) is 4.79. The number of nitrogens with zero attached hydrogens (tertiary/aromatic N) is 3. The summed E-state index contributed by atoms with van der Waals surface area (Å²) in [5, 5.41) is 9.41. The van der Waals surface area contributed by atoms with E-state index < -0.39 is 0 Å². The fraction of sp³-hybridized carbons (Fsp3) is 0.211. The smallest absolute Gasteiger partial charge is 0.254 e. The second-order valence-electron chi connectivity index (χ2n) is 5.76. The summed E-state index contributed by atoms with van der Waals surface area (Å²) in [5.41, 5.74) is 1.58. The van der Waals surface area contributed by atoms with E-state index in [4.69, 9.17) is 4.74 Å². The molecular formula is C19H19N3O3. The van der Waals surface area contributed by atoms with Crippen molar-refractivity contribution < 1.29 is 9.84 Å². The third kappa shape index (κ3) is 3.85. The highest BCUT2D eigenvalue weighted by molar-refractivity contribution is 5.30. The number of phenolic OH excluding ortho intramolecular Hbond substituents is 1. The summed E-state index contributed by atoms with van der Waals surface area (Å²) in [6.45, 7) is 4.01. The first kappa shape index (κ1) is 16.7. The molecular weight excluding hydrogens is 318 g/mol. The number of hydrogen-bond donors (Lipinski definition) is 1. The van der Waals surface area contributed by atoms with Crippen molar-refractivity contribution in [2.24, 2.45) is 0 Å². The predicted octanol–water partition coefficient (Wildman–Crippen LogP) is 2.84. The molecule has 0 amide bonds. The summed E-state index contributed by atoms with van der Waals surface area (Å²) in [6.07, 6.45) is 3.29. The highest BCUT2D eigenvalue weighted by Gasteiger charge is 2.13. The molecule has 0 radical (unpaired) electrons. The molecule has 0 aliphatic rings. The van der Waals surface area contributed by atoms with E-state index in [1.54, 1.807) is 35.2 Å². The maximum atomic E-state index is 12.6. The zero-order chi connectivity index (χ0) is 17.8. The zero-order valence-electron chi connectivity index (χ0n) is 14.1. The minimum Gasteiger partial charge on any atom is -0.508 e. The average Bonchev–Trinajstić information content (AvgIpc) is 2.61. The summed E-state index contributed by atoms with van der Waals surface area (Å²) in [4.78, 5) is 20.7. The van der Waals surface area contributed by atoms with Crippen LogP contribution in [-0.2, 0) is 6.61 Å². The van der Waals surface area contributed by atoms with E-state index in [1.165, 1.54) is 6.07 Å². The second kappa shape index (κ2) is 7.17. The van der Waals surface area contributed by atoms with Gasteiger partial charge >= 0.3 is 0 Å². The van der Waals surface area contributed by atoms with Crippen LogP contribution in [0.15, 0.2) is 59.7 Å². The number of pyridine rings is 1. The number of phenols is 1. The van der Waals surface area contributed by atoms with Gasteiger partial charge in [0, 0.05) is 24.2 Å². The first-order valence-corrected chi connectivity index (χ1v) is 7.95. The number of aromatic nitrogens is 3. The molecule has 6 nitrogen and oxygen atoms in total. The van der Waals surface area contributed by atoms with Crippen molar-refractivity contribution in [2.45, 2.75) is 26.5 Å². The van der Waals surface area contributed by atoms with Gasteiger partial charge in [0.05, 0.1) is 6.04 Å². The molecule has 0 saturated carbocycles. The summed E-state index contributed by atoms with van der Waals surface area (Å²) in [6, 6.07) is 11.7. The lowest BCUT2D eigenvalue weighted by molar-refractivity contribution is 0.294. The van der Waals surface area contributed by atoms with Crippen LogP contribution in [0.2, 0.25) is 0 Å². The molecule has 2 heterocycles. The van der Waals surface area contributed by atoms with Gasteiger partial charge in [-0.1, -0.05) is 12.1 Å². The molecule has 6 heteroatoms. The highest BCUT2D eigenvalue weighted by atomic mass is 16.5. The molecule has 25 heavy (non-hydrogen) atoms. The van der Waals surface area contributed by atoms with Crippen LogP contribution in [-0.4, -0.2) is 19.6 Å². The van der Waals surface area contributed by atoms with Crippen molar-refractivity contribution in [2.75, 3.05) is 0 Å². The van der Waals surface area contributed by atoms with Gasteiger partial charge in [-0.2, -0.15) is 0 Å². The number of hydrogen-bond acceptors (Lipinski definition) is 5. The van der Waals surface area contributed by atoms with Crippen molar-refractivity contribution in [3.8, 4) is 11.5 Å². The van der Waals surface area contributed by atoms with Crippen LogP contribution in [0.25, 0.3) is 0 Å². The summed E-state index contributed by atoms with van der Waals surface area (Å²) >= 11 is 0. The molecule has 0 unspecified atom stereocenters. The quantitative estimate of drug-likeness (QED) is 0.775. The van der Waals surface area contributed by atoms with Gasteiger partial charge < -0.3 is 14.4 Å². The minimum absolute atomic E-state index is 0.149. The zero-order valence-corrected chi connectivity index (χ0v) is 14.1. The Bertz CT molecular complexity index is 905. The molecule has 0 fully saturated rings. The van der Waals surface area contributed by atoms with E-state index in [-0.39, 0.29) is 24.0 Å². The van der Waals surface area contributed by atoms with E-state index >= 15 is 0 Å². The molecule has 3 aromatic rings. The van der Waals surface area contributed by atoms with Crippen molar-refractivity contribution in [3.05, 3.63) is 82.3 Å². The lowest BCUT2D eigenvalue weighted by Gasteiger charge is -2.19. The molecule has 1 atom stereocenters. The lowest BCUT2D eigenvalue weighted by Crippen LogP contribution is -2.25. The minimum atomic E-state index is -0.153.